The Hall–Kier alpha value is -2.34. The lowest BCUT2D eigenvalue weighted by Crippen LogP contribution is -2.19. The van der Waals surface area contributed by atoms with Crippen LogP contribution in [0.15, 0.2) is 53.4 Å². The summed E-state index contributed by atoms with van der Waals surface area (Å²) in [4.78, 5) is 23.5. The molecular formula is C15H13FN2O2S. The Kier molecular flexibility index (Phi) is 4.94. The van der Waals surface area contributed by atoms with Crippen molar-refractivity contribution in [3.05, 3.63) is 59.9 Å². The molecule has 0 aliphatic carbocycles. The summed E-state index contributed by atoms with van der Waals surface area (Å²) in [5, 5.41) is 2.60. The Morgan fingerprint density at radius 1 is 1.10 bits per heavy atom. The summed E-state index contributed by atoms with van der Waals surface area (Å²) in [5.74, 6) is -1.29. The average Bonchev–Trinajstić information content (AvgIpc) is 2.47. The molecule has 0 fully saturated rings. The number of rotatable bonds is 5. The highest BCUT2D eigenvalue weighted by Crippen LogP contribution is 2.22. The molecule has 0 unspecified atom stereocenters. The van der Waals surface area contributed by atoms with Gasteiger partial charge in [-0.1, -0.05) is 24.3 Å². The van der Waals surface area contributed by atoms with Crippen molar-refractivity contribution in [3.63, 3.8) is 0 Å². The molecule has 108 valence electrons. The normalized spacial score (nSPS) is 10.1. The van der Waals surface area contributed by atoms with Crippen molar-refractivity contribution in [2.45, 2.75) is 4.90 Å². The SMILES string of the molecule is NC(=O)c1ccccc1NC(=O)CSc1ccccc1F. The number of carbonyl (C=O) groups excluding carboxylic acids is 2. The fourth-order valence-electron chi connectivity index (χ4n) is 1.70. The van der Waals surface area contributed by atoms with Crippen molar-refractivity contribution in [1.29, 1.82) is 0 Å². The molecule has 4 nitrogen and oxygen atoms in total. The van der Waals surface area contributed by atoms with Crippen LogP contribution >= 0.6 is 11.8 Å². The Labute approximate surface area is 125 Å². The number of hydrogen-bond donors (Lipinski definition) is 2. The van der Waals surface area contributed by atoms with Crippen LogP contribution in [0.25, 0.3) is 0 Å². The van der Waals surface area contributed by atoms with Crippen LogP contribution in [0.2, 0.25) is 0 Å². The van der Waals surface area contributed by atoms with Crippen LogP contribution in [-0.2, 0) is 4.79 Å². The molecule has 3 N–H and O–H groups in total. The van der Waals surface area contributed by atoms with E-state index in [-0.39, 0.29) is 23.0 Å². The smallest absolute Gasteiger partial charge is 0.250 e. The third-order valence-electron chi connectivity index (χ3n) is 2.66. The van der Waals surface area contributed by atoms with E-state index in [0.717, 1.165) is 11.8 Å². The lowest BCUT2D eigenvalue weighted by molar-refractivity contribution is -0.113. The zero-order valence-electron chi connectivity index (χ0n) is 11.0. The predicted octanol–water partition coefficient (Wildman–Crippen LogP) is 2.66. The maximum Gasteiger partial charge on any atom is 0.250 e. The van der Waals surface area contributed by atoms with Gasteiger partial charge in [-0.3, -0.25) is 9.59 Å². The molecule has 6 heteroatoms. The van der Waals surface area contributed by atoms with E-state index in [9.17, 15) is 14.0 Å². The minimum absolute atomic E-state index is 0.0357. The van der Waals surface area contributed by atoms with E-state index in [4.69, 9.17) is 5.73 Å². The zero-order valence-corrected chi connectivity index (χ0v) is 11.8. The van der Waals surface area contributed by atoms with E-state index in [1.54, 1.807) is 36.4 Å². The van der Waals surface area contributed by atoms with E-state index >= 15 is 0 Å². The van der Waals surface area contributed by atoms with Crippen LogP contribution in [0.5, 0.6) is 0 Å². The molecule has 21 heavy (non-hydrogen) atoms. The van der Waals surface area contributed by atoms with Crippen LogP contribution in [0.1, 0.15) is 10.4 Å². The van der Waals surface area contributed by atoms with E-state index in [1.165, 1.54) is 12.1 Å². The van der Waals surface area contributed by atoms with Crippen molar-refractivity contribution in [2.24, 2.45) is 5.73 Å². The van der Waals surface area contributed by atoms with Crippen molar-refractivity contribution >= 4 is 29.3 Å². The lowest BCUT2D eigenvalue weighted by Gasteiger charge is -2.08. The van der Waals surface area contributed by atoms with E-state index in [0.29, 0.717) is 10.6 Å². The molecule has 0 saturated heterocycles. The van der Waals surface area contributed by atoms with Gasteiger partial charge < -0.3 is 11.1 Å². The summed E-state index contributed by atoms with van der Waals surface area (Å²) in [6.07, 6.45) is 0. The summed E-state index contributed by atoms with van der Waals surface area (Å²) in [6.45, 7) is 0. The molecular weight excluding hydrogens is 291 g/mol. The van der Waals surface area contributed by atoms with Gasteiger partial charge in [0.1, 0.15) is 5.82 Å². The van der Waals surface area contributed by atoms with Gasteiger partial charge in [0.25, 0.3) is 5.91 Å². The molecule has 0 heterocycles. The summed E-state index contributed by atoms with van der Waals surface area (Å²) >= 11 is 1.09. The van der Waals surface area contributed by atoms with Gasteiger partial charge in [0.05, 0.1) is 17.0 Å². The average molecular weight is 304 g/mol. The molecule has 2 rings (SSSR count). The number of anilines is 1. The third kappa shape index (κ3) is 4.06. The molecule has 0 aliphatic rings. The minimum Gasteiger partial charge on any atom is -0.366 e. The van der Waals surface area contributed by atoms with Gasteiger partial charge >= 0.3 is 0 Å². The van der Waals surface area contributed by atoms with Crippen molar-refractivity contribution in [3.8, 4) is 0 Å². The summed E-state index contributed by atoms with van der Waals surface area (Å²) in [5.41, 5.74) is 5.82. The number of nitrogens with one attached hydrogen (secondary N) is 1. The Morgan fingerprint density at radius 2 is 1.76 bits per heavy atom. The minimum atomic E-state index is -0.618. The number of halogens is 1. The van der Waals surface area contributed by atoms with Crippen molar-refractivity contribution in [2.75, 3.05) is 11.1 Å². The van der Waals surface area contributed by atoms with Crippen LogP contribution < -0.4 is 11.1 Å². The van der Waals surface area contributed by atoms with Crippen LogP contribution in [0, 0.1) is 5.82 Å². The number of amides is 2. The van der Waals surface area contributed by atoms with Crippen LogP contribution in [0.4, 0.5) is 10.1 Å². The van der Waals surface area contributed by atoms with Crippen molar-refractivity contribution in [1.82, 2.24) is 0 Å². The molecule has 0 bridgehead atoms. The number of primary amides is 1. The van der Waals surface area contributed by atoms with Gasteiger partial charge in [-0.2, -0.15) is 0 Å². The number of hydrogen-bond acceptors (Lipinski definition) is 3. The van der Waals surface area contributed by atoms with E-state index in [2.05, 4.69) is 5.32 Å². The number of thioether (sulfide) groups is 1. The van der Waals surface area contributed by atoms with Gasteiger partial charge in [-0.25, -0.2) is 4.39 Å². The Morgan fingerprint density at radius 3 is 2.48 bits per heavy atom. The number of benzene rings is 2. The summed E-state index contributed by atoms with van der Waals surface area (Å²) in [7, 11) is 0. The highest BCUT2D eigenvalue weighted by atomic mass is 32.2. The first-order chi connectivity index (χ1) is 10.1. The molecule has 2 amide bonds. The second kappa shape index (κ2) is 6.90. The number of para-hydroxylation sites is 1. The van der Waals surface area contributed by atoms with Crippen LogP contribution in [-0.4, -0.2) is 17.6 Å². The molecule has 0 radical (unpaired) electrons. The van der Waals surface area contributed by atoms with E-state index < -0.39 is 5.91 Å². The zero-order chi connectivity index (χ0) is 15.2. The first kappa shape index (κ1) is 15.1. The van der Waals surface area contributed by atoms with Gasteiger partial charge in [0.15, 0.2) is 0 Å². The third-order valence-corrected chi connectivity index (χ3v) is 3.71. The maximum atomic E-state index is 13.4. The number of nitrogens with two attached hydrogens (primary N) is 1. The maximum absolute atomic E-state index is 13.4. The quantitative estimate of drug-likeness (QED) is 0.834. The Bertz CT molecular complexity index is 676. The fourth-order valence-corrected chi connectivity index (χ4v) is 2.44. The van der Waals surface area contributed by atoms with Crippen LogP contribution in [0.3, 0.4) is 0 Å². The molecule has 2 aromatic rings. The van der Waals surface area contributed by atoms with Gasteiger partial charge in [0, 0.05) is 4.90 Å². The second-order valence-corrected chi connectivity index (χ2v) is 5.19. The molecule has 0 saturated carbocycles. The van der Waals surface area contributed by atoms with E-state index in [1.807, 2.05) is 0 Å². The summed E-state index contributed by atoms with van der Waals surface area (Å²) in [6, 6.07) is 12.7. The fraction of sp³-hybridized carbons (Fsp3) is 0.0667. The summed E-state index contributed by atoms with van der Waals surface area (Å²) < 4.78 is 13.4. The standard InChI is InChI=1S/C15H13FN2O2S/c16-11-6-2-4-8-13(11)21-9-14(19)18-12-7-3-1-5-10(12)15(17)20/h1-8H,9H2,(H2,17,20)(H,18,19). The molecule has 2 aromatic carbocycles. The van der Waals surface area contributed by atoms with Gasteiger partial charge in [0.2, 0.25) is 5.91 Å². The van der Waals surface area contributed by atoms with Gasteiger partial charge in [-0.15, -0.1) is 11.8 Å². The monoisotopic (exact) mass is 304 g/mol. The first-order valence-electron chi connectivity index (χ1n) is 6.14. The second-order valence-electron chi connectivity index (χ2n) is 4.18. The topological polar surface area (TPSA) is 72.2 Å². The lowest BCUT2D eigenvalue weighted by atomic mass is 10.1. The highest BCUT2D eigenvalue weighted by Gasteiger charge is 2.11. The van der Waals surface area contributed by atoms with Crippen molar-refractivity contribution < 1.29 is 14.0 Å². The van der Waals surface area contributed by atoms with Gasteiger partial charge in [-0.05, 0) is 24.3 Å². The largest absolute Gasteiger partial charge is 0.366 e. The molecule has 0 spiro atoms. The first-order valence-corrected chi connectivity index (χ1v) is 7.12. The number of carbonyl (C=O) groups is 2. The molecule has 0 aliphatic heterocycles. The predicted molar refractivity (Wildman–Crippen MR) is 80.7 cm³/mol. The molecule has 0 atom stereocenters. The highest BCUT2D eigenvalue weighted by molar-refractivity contribution is 8.00. The molecule has 0 aromatic heterocycles. The Balaban J connectivity index is 2.00.